The second-order valence-electron chi connectivity index (χ2n) is 6.82. The maximum Gasteiger partial charge on any atom is 0.260 e. The molecule has 0 aliphatic carbocycles. The highest BCUT2D eigenvalue weighted by Crippen LogP contribution is 2.35. The highest BCUT2D eigenvalue weighted by molar-refractivity contribution is 7.22. The fraction of sp³-hybridized carbons (Fsp3) is 0.0870. The zero-order valence-electron chi connectivity index (χ0n) is 16.6. The van der Waals surface area contributed by atoms with Gasteiger partial charge in [0.1, 0.15) is 11.3 Å². The van der Waals surface area contributed by atoms with Crippen LogP contribution in [0.5, 0.6) is 5.75 Å². The van der Waals surface area contributed by atoms with E-state index in [2.05, 4.69) is 15.0 Å². The lowest BCUT2D eigenvalue weighted by molar-refractivity contribution is 0.0985. The Morgan fingerprint density at radius 2 is 1.90 bits per heavy atom. The summed E-state index contributed by atoms with van der Waals surface area (Å²) < 4.78 is 6.39. The third-order valence-electron chi connectivity index (χ3n) is 4.85. The third-order valence-corrected chi connectivity index (χ3v) is 5.89. The summed E-state index contributed by atoms with van der Waals surface area (Å²) >= 11 is 1.45. The van der Waals surface area contributed by atoms with Crippen LogP contribution in [0.4, 0.5) is 5.13 Å². The first-order valence-corrected chi connectivity index (χ1v) is 10.4. The number of thiazole rings is 1. The number of carbonyl (C=O) groups is 1. The predicted molar refractivity (Wildman–Crippen MR) is 120 cm³/mol. The first-order chi connectivity index (χ1) is 15.2. The van der Waals surface area contributed by atoms with Gasteiger partial charge in [-0.15, -0.1) is 0 Å². The molecule has 0 N–H and O–H groups in total. The number of hydrogen-bond donors (Lipinski definition) is 0. The molecule has 31 heavy (non-hydrogen) atoms. The van der Waals surface area contributed by atoms with Gasteiger partial charge in [0.2, 0.25) is 0 Å². The zero-order chi connectivity index (χ0) is 21.2. The summed E-state index contributed by atoms with van der Waals surface area (Å²) in [6.45, 7) is 0.341. The van der Waals surface area contributed by atoms with Crippen molar-refractivity contribution in [2.75, 3.05) is 12.0 Å². The lowest BCUT2D eigenvalue weighted by Crippen LogP contribution is -2.30. The van der Waals surface area contributed by atoms with Crippen LogP contribution in [0, 0.1) is 0 Å². The smallest absolute Gasteiger partial charge is 0.260 e. The van der Waals surface area contributed by atoms with E-state index in [9.17, 15) is 4.79 Å². The molecule has 2 aromatic carbocycles. The van der Waals surface area contributed by atoms with Crippen LogP contribution >= 0.6 is 11.3 Å². The van der Waals surface area contributed by atoms with Crippen LogP contribution in [0.25, 0.3) is 21.3 Å². The molecule has 152 valence electrons. The largest absolute Gasteiger partial charge is 0.494 e. The number of fused-ring (bicyclic) bond motifs is 2. The predicted octanol–water partition coefficient (Wildman–Crippen LogP) is 4.49. The number of benzene rings is 2. The van der Waals surface area contributed by atoms with Gasteiger partial charge in [0.15, 0.2) is 5.13 Å². The molecule has 0 spiro atoms. The van der Waals surface area contributed by atoms with Crippen molar-refractivity contribution in [3.8, 4) is 5.75 Å². The van der Waals surface area contributed by atoms with Gasteiger partial charge in [0.25, 0.3) is 5.91 Å². The van der Waals surface area contributed by atoms with Crippen molar-refractivity contribution in [3.63, 3.8) is 0 Å². The first kappa shape index (κ1) is 19.1. The maximum absolute atomic E-state index is 13.6. The number of nitrogens with zero attached hydrogens (tertiary/aromatic N) is 5. The lowest BCUT2D eigenvalue weighted by atomic mass is 10.1. The van der Waals surface area contributed by atoms with E-state index < -0.39 is 0 Å². The molecule has 3 aromatic heterocycles. The summed E-state index contributed by atoms with van der Waals surface area (Å²) in [5.41, 5.74) is 3.56. The van der Waals surface area contributed by atoms with E-state index in [0.29, 0.717) is 28.5 Å². The average molecular weight is 427 g/mol. The number of anilines is 1. The molecule has 0 radical (unpaired) electrons. The van der Waals surface area contributed by atoms with Crippen LogP contribution in [0.2, 0.25) is 0 Å². The second-order valence-corrected chi connectivity index (χ2v) is 7.82. The number of hydrogen-bond acceptors (Lipinski definition) is 7. The van der Waals surface area contributed by atoms with Crippen molar-refractivity contribution in [2.24, 2.45) is 0 Å². The minimum absolute atomic E-state index is 0.172. The van der Waals surface area contributed by atoms with Crippen molar-refractivity contribution in [1.82, 2.24) is 19.9 Å². The normalized spacial score (nSPS) is 11.0. The number of rotatable bonds is 5. The molecule has 5 aromatic rings. The van der Waals surface area contributed by atoms with Crippen molar-refractivity contribution in [3.05, 3.63) is 84.4 Å². The van der Waals surface area contributed by atoms with E-state index >= 15 is 0 Å². The van der Waals surface area contributed by atoms with Gasteiger partial charge >= 0.3 is 0 Å². The Morgan fingerprint density at radius 1 is 1.03 bits per heavy atom. The summed E-state index contributed by atoms with van der Waals surface area (Å²) in [5.74, 6) is 0.504. The van der Waals surface area contributed by atoms with Gasteiger partial charge in [-0.3, -0.25) is 24.6 Å². The molecule has 8 heteroatoms. The standard InChI is InChI=1S/C23H17N5O2S/c1-30-19-5-2-6-20-21(19)27-23(31-20)28(14-15-4-3-9-24-13-15)22(29)16-7-8-17-18(12-16)26-11-10-25-17/h2-13H,14H2,1H3. The minimum Gasteiger partial charge on any atom is -0.494 e. The molecule has 0 saturated carbocycles. The monoisotopic (exact) mass is 427 g/mol. The number of ether oxygens (including phenoxy) is 1. The topological polar surface area (TPSA) is 81.1 Å². The number of aromatic nitrogens is 4. The Hall–Kier alpha value is -3.91. The van der Waals surface area contributed by atoms with Gasteiger partial charge in [-0.2, -0.15) is 0 Å². The van der Waals surface area contributed by atoms with E-state index in [1.54, 1.807) is 55.0 Å². The summed E-state index contributed by atoms with van der Waals surface area (Å²) in [6.07, 6.45) is 6.71. The van der Waals surface area contributed by atoms with Crippen molar-refractivity contribution >= 4 is 43.6 Å². The molecule has 0 atom stereocenters. The van der Waals surface area contributed by atoms with Crippen LogP contribution < -0.4 is 9.64 Å². The zero-order valence-corrected chi connectivity index (χ0v) is 17.4. The highest BCUT2D eigenvalue weighted by atomic mass is 32.1. The van der Waals surface area contributed by atoms with Gasteiger partial charge in [0.05, 0.1) is 29.4 Å². The van der Waals surface area contributed by atoms with Crippen molar-refractivity contribution in [2.45, 2.75) is 6.54 Å². The Bertz CT molecular complexity index is 1390. The number of carbonyl (C=O) groups excluding carboxylic acids is 1. The molecule has 0 bridgehead atoms. The fourth-order valence-electron chi connectivity index (χ4n) is 3.34. The van der Waals surface area contributed by atoms with E-state index in [-0.39, 0.29) is 5.91 Å². The Labute approximate surface area is 182 Å². The molecule has 0 aliphatic heterocycles. The van der Waals surface area contributed by atoms with Crippen LogP contribution in [0.3, 0.4) is 0 Å². The molecule has 1 amide bonds. The number of amides is 1. The maximum atomic E-state index is 13.6. The molecular formula is C23H17N5O2S. The van der Waals surface area contributed by atoms with Crippen LogP contribution in [0.1, 0.15) is 15.9 Å². The van der Waals surface area contributed by atoms with E-state index in [1.165, 1.54) is 11.3 Å². The van der Waals surface area contributed by atoms with Gasteiger partial charge in [-0.25, -0.2) is 4.98 Å². The van der Waals surface area contributed by atoms with Gasteiger partial charge < -0.3 is 4.74 Å². The lowest BCUT2D eigenvalue weighted by Gasteiger charge is -2.20. The summed E-state index contributed by atoms with van der Waals surface area (Å²) in [4.78, 5) is 32.8. The number of para-hydroxylation sites is 1. The SMILES string of the molecule is COc1cccc2sc(N(Cc3cccnc3)C(=O)c3ccc4nccnc4c3)nc12. The molecular weight excluding hydrogens is 410 g/mol. The van der Waals surface area contributed by atoms with E-state index in [1.807, 2.05) is 30.3 Å². The third kappa shape index (κ3) is 3.69. The fourth-order valence-corrected chi connectivity index (χ4v) is 4.33. The van der Waals surface area contributed by atoms with E-state index in [0.717, 1.165) is 21.3 Å². The summed E-state index contributed by atoms with van der Waals surface area (Å²) in [7, 11) is 1.61. The first-order valence-electron chi connectivity index (χ1n) is 9.58. The van der Waals surface area contributed by atoms with E-state index in [4.69, 9.17) is 9.72 Å². The molecule has 3 heterocycles. The average Bonchev–Trinajstić information content (AvgIpc) is 3.26. The van der Waals surface area contributed by atoms with Crippen LogP contribution in [-0.2, 0) is 6.54 Å². The molecule has 5 rings (SSSR count). The highest BCUT2D eigenvalue weighted by Gasteiger charge is 2.23. The second kappa shape index (κ2) is 8.08. The molecule has 7 nitrogen and oxygen atoms in total. The minimum atomic E-state index is -0.172. The van der Waals surface area contributed by atoms with Crippen LogP contribution in [0.15, 0.2) is 73.3 Å². The number of methoxy groups -OCH3 is 1. The molecule has 0 unspecified atom stereocenters. The molecule has 0 fully saturated rings. The van der Waals surface area contributed by atoms with Gasteiger partial charge in [-0.05, 0) is 42.0 Å². The quantitative estimate of drug-likeness (QED) is 0.411. The summed E-state index contributed by atoms with van der Waals surface area (Å²) in [6, 6.07) is 14.9. The van der Waals surface area contributed by atoms with Crippen molar-refractivity contribution in [1.29, 1.82) is 0 Å². The molecule has 0 aliphatic rings. The van der Waals surface area contributed by atoms with Gasteiger partial charge in [-0.1, -0.05) is 23.5 Å². The Kier molecular flexibility index (Phi) is 4.97. The summed E-state index contributed by atoms with van der Waals surface area (Å²) in [5, 5.41) is 0.590. The van der Waals surface area contributed by atoms with Gasteiger partial charge in [0, 0.05) is 30.4 Å². The number of pyridine rings is 1. The molecule has 0 saturated heterocycles. The Balaban J connectivity index is 1.60. The Morgan fingerprint density at radius 3 is 2.71 bits per heavy atom. The van der Waals surface area contributed by atoms with Crippen molar-refractivity contribution < 1.29 is 9.53 Å². The van der Waals surface area contributed by atoms with Crippen LogP contribution in [-0.4, -0.2) is 33.0 Å².